The van der Waals surface area contributed by atoms with Gasteiger partial charge in [-0.25, -0.2) is 9.29 Å². The number of anilines is 3. The van der Waals surface area contributed by atoms with Crippen molar-refractivity contribution < 1.29 is 28.2 Å². The average Bonchev–Trinajstić information content (AvgIpc) is 3.09. The van der Waals surface area contributed by atoms with Crippen molar-refractivity contribution in [3.8, 4) is 11.5 Å². The second-order valence-electron chi connectivity index (χ2n) is 7.76. The number of amides is 3. The molecular formula is C26H21ClFN3O5. The molecular weight excluding hydrogens is 489 g/mol. The Kier molecular flexibility index (Phi) is 6.93. The van der Waals surface area contributed by atoms with Gasteiger partial charge in [0.05, 0.1) is 25.6 Å². The first-order valence-corrected chi connectivity index (χ1v) is 11.1. The Morgan fingerprint density at radius 2 is 1.69 bits per heavy atom. The fourth-order valence-electron chi connectivity index (χ4n) is 3.59. The highest BCUT2D eigenvalue weighted by atomic mass is 35.5. The van der Waals surface area contributed by atoms with Gasteiger partial charge in [-0.2, -0.15) is 0 Å². The van der Waals surface area contributed by atoms with Gasteiger partial charge in [0, 0.05) is 17.3 Å². The van der Waals surface area contributed by atoms with Crippen molar-refractivity contribution in [2.45, 2.75) is 6.92 Å². The third-order valence-corrected chi connectivity index (χ3v) is 5.89. The lowest BCUT2D eigenvalue weighted by molar-refractivity contribution is -0.120. The number of halogens is 2. The van der Waals surface area contributed by atoms with Gasteiger partial charge in [0.25, 0.3) is 17.7 Å². The molecule has 10 heteroatoms. The van der Waals surface area contributed by atoms with E-state index >= 15 is 0 Å². The molecule has 3 amide bonds. The van der Waals surface area contributed by atoms with E-state index in [4.69, 9.17) is 21.1 Å². The predicted octanol–water partition coefficient (Wildman–Crippen LogP) is 4.84. The van der Waals surface area contributed by atoms with Crippen molar-refractivity contribution in [1.29, 1.82) is 0 Å². The lowest BCUT2D eigenvalue weighted by Crippen LogP contribution is -2.32. The fourth-order valence-corrected chi connectivity index (χ4v) is 3.80. The third kappa shape index (κ3) is 4.60. The Labute approximate surface area is 211 Å². The molecule has 0 saturated heterocycles. The summed E-state index contributed by atoms with van der Waals surface area (Å²) in [5.41, 5.74) is 1.31. The van der Waals surface area contributed by atoms with Crippen LogP contribution >= 0.6 is 11.6 Å². The summed E-state index contributed by atoms with van der Waals surface area (Å²) in [5.74, 6) is -1.84. The van der Waals surface area contributed by atoms with Gasteiger partial charge in [0.2, 0.25) is 0 Å². The second kappa shape index (κ2) is 10.1. The number of benzene rings is 3. The molecule has 1 aliphatic heterocycles. The number of methoxy groups -OCH3 is 2. The van der Waals surface area contributed by atoms with E-state index in [0.717, 1.165) is 4.90 Å². The van der Waals surface area contributed by atoms with Crippen LogP contribution in [0.1, 0.15) is 15.9 Å². The van der Waals surface area contributed by atoms with Crippen LogP contribution in [0.25, 0.3) is 0 Å². The zero-order valence-electron chi connectivity index (χ0n) is 19.5. The highest BCUT2D eigenvalue weighted by Gasteiger charge is 2.40. The predicted molar refractivity (Wildman–Crippen MR) is 134 cm³/mol. The summed E-state index contributed by atoms with van der Waals surface area (Å²) in [4.78, 5) is 39.8. The van der Waals surface area contributed by atoms with Crippen molar-refractivity contribution >= 4 is 46.4 Å². The summed E-state index contributed by atoms with van der Waals surface area (Å²) < 4.78 is 24.4. The van der Waals surface area contributed by atoms with E-state index in [1.165, 1.54) is 50.6 Å². The number of para-hydroxylation sites is 1. The number of hydrogen-bond acceptors (Lipinski definition) is 6. The van der Waals surface area contributed by atoms with E-state index in [0.29, 0.717) is 17.0 Å². The van der Waals surface area contributed by atoms with Crippen LogP contribution in [-0.4, -0.2) is 31.9 Å². The lowest BCUT2D eigenvalue weighted by atomic mass is 10.1. The van der Waals surface area contributed by atoms with Crippen LogP contribution in [0.15, 0.2) is 71.4 Å². The molecule has 1 heterocycles. The minimum absolute atomic E-state index is 0.0315. The molecule has 1 aliphatic rings. The van der Waals surface area contributed by atoms with Gasteiger partial charge >= 0.3 is 0 Å². The minimum Gasteiger partial charge on any atom is -0.497 e. The average molecular weight is 510 g/mol. The van der Waals surface area contributed by atoms with Crippen LogP contribution in [0, 0.1) is 12.7 Å². The number of nitrogens with zero attached hydrogens (tertiary/aromatic N) is 1. The van der Waals surface area contributed by atoms with E-state index < -0.39 is 23.5 Å². The van der Waals surface area contributed by atoms with Gasteiger partial charge in [0.15, 0.2) is 0 Å². The molecule has 3 aromatic carbocycles. The largest absolute Gasteiger partial charge is 0.497 e. The molecule has 2 N–H and O–H groups in total. The summed E-state index contributed by atoms with van der Waals surface area (Å²) in [7, 11) is 2.88. The van der Waals surface area contributed by atoms with E-state index in [2.05, 4.69) is 10.6 Å². The normalized spacial score (nSPS) is 13.2. The van der Waals surface area contributed by atoms with E-state index in [-0.39, 0.29) is 33.4 Å². The van der Waals surface area contributed by atoms with Crippen LogP contribution in [0.3, 0.4) is 0 Å². The smallest absolute Gasteiger partial charge is 0.283 e. The first-order valence-electron chi connectivity index (χ1n) is 10.7. The van der Waals surface area contributed by atoms with Crippen molar-refractivity contribution in [2.75, 3.05) is 29.8 Å². The van der Waals surface area contributed by atoms with Crippen molar-refractivity contribution in [1.82, 2.24) is 0 Å². The summed E-state index contributed by atoms with van der Waals surface area (Å²) >= 11 is 6.27. The second-order valence-corrected chi connectivity index (χ2v) is 8.14. The number of nitrogens with one attached hydrogen (secondary N) is 2. The summed E-state index contributed by atoms with van der Waals surface area (Å²) in [6.07, 6.45) is 0. The minimum atomic E-state index is -0.737. The van der Waals surface area contributed by atoms with Gasteiger partial charge < -0.3 is 20.1 Å². The molecule has 0 saturated carbocycles. The summed E-state index contributed by atoms with van der Waals surface area (Å²) in [6.45, 7) is 1.75. The summed E-state index contributed by atoms with van der Waals surface area (Å²) in [6, 6.07) is 15.1. The van der Waals surface area contributed by atoms with Gasteiger partial charge in [0.1, 0.15) is 28.0 Å². The van der Waals surface area contributed by atoms with Gasteiger partial charge in [-0.1, -0.05) is 29.8 Å². The number of carbonyl (C=O) groups is 3. The Bertz CT molecular complexity index is 1420. The topological polar surface area (TPSA) is 97.0 Å². The molecule has 3 aromatic rings. The Hall–Kier alpha value is -4.37. The highest BCUT2D eigenvalue weighted by Crippen LogP contribution is 2.38. The third-order valence-electron chi connectivity index (χ3n) is 5.54. The maximum Gasteiger partial charge on any atom is 0.283 e. The Morgan fingerprint density at radius 1 is 0.944 bits per heavy atom. The standard InChI is InChI=1S/C26H21ClFN3O5/c1-14-8-9-15(24(32)30-18-7-5-4-6-17(18)28)12-19(14)29-23-22(27)25(33)31(26(23)34)20-11-10-16(35-2)13-21(20)36-3/h4-13,29H,1-3H3,(H,30,32). The molecule has 0 fully saturated rings. The SMILES string of the molecule is COc1ccc(N2C(=O)C(Cl)=C(Nc3cc(C(=O)Nc4ccccc4F)ccc3C)C2=O)c(OC)c1. The molecule has 0 atom stereocenters. The van der Waals surface area contributed by atoms with Crippen LogP contribution in [0.4, 0.5) is 21.5 Å². The maximum absolute atomic E-state index is 13.9. The maximum atomic E-state index is 13.9. The number of carbonyl (C=O) groups excluding carboxylic acids is 3. The van der Waals surface area contributed by atoms with Crippen LogP contribution in [0.5, 0.6) is 11.5 Å². The molecule has 36 heavy (non-hydrogen) atoms. The Balaban J connectivity index is 1.61. The molecule has 4 rings (SSSR count). The first kappa shape index (κ1) is 24.7. The van der Waals surface area contributed by atoms with Crippen LogP contribution in [-0.2, 0) is 9.59 Å². The molecule has 0 aromatic heterocycles. The highest BCUT2D eigenvalue weighted by molar-refractivity contribution is 6.53. The number of hydrogen-bond donors (Lipinski definition) is 2. The molecule has 0 aliphatic carbocycles. The van der Waals surface area contributed by atoms with E-state index in [9.17, 15) is 18.8 Å². The monoisotopic (exact) mass is 509 g/mol. The first-order chi connectivity index (χ1) is 17.2. The number of rotatable bonds is 7. The van der Waals surface area contributed by atoms with Crippen molar-refractivity contribution in [2.24, 2.45) is 0 Å². The fraction of sp³-hybridized carbons (Fsp3) is 0.115. The number of imide groups is 1. The van der Waals surface area contributed by atoms with Crippen molar-refractivity contribution in [3.05, 3.63) is 88.3 Å². The van der Waals surface area contributed by atoms with Crippen LogP contribution < -0.4 is 25.0 Å². The number of ether oxygens (including phenoxy) is 2. The molecule has 0 unspecified atom stereocenters. The molecule has 0 bridgehead atoms. The lowest BCUT2D eigenvalue weighted by Gasteiger charge is -2.19. The van der Waals surface area contributed by atoms with Crippen LogP contribution in [0.2, 0.25) is 0 Å². The number of aryl methyl sites for hydroxylation is 1. The Morgan fingerprint density at radius 3 is 2.39 bits per heavy atom. The van der Waals surface area contributed by atoms with Gasteiger partial charge in [-0.15, -0.1) is 0 Å². The molecule has 184 valence electrons. The van der Waals surface area contributed by atoms with Gasteiger partial charge in [-0.05, 0) is 48.9 Å². The van der Waals surface area contributed by atoms with Gasteiger partial charge in [-0.3, -0.25) is 14.4 Å². The van der Waals surface area contributed by atoms with Crippen molar-refractivity contribution in [3.63, 3.8) is 0 Å². The molecule has 0 spiro atoms. The zero-order valence-corrected chi connectivity index (χ0v) is 20.3. The molecule has 8 nitrogen and oxygen atoms in total. The van der Waals surface area contributed by atoms with E-state index in [1.807, 2.05) is 0 Å². The zero-order chi connectivity index (χ0) is 26.0. The quantitative estimate of drug-likeness (QED) is 0.442. The molecule has 0 radical (unpaired) electrons. The summed E-state index contributed by atoms with van der Waals surface area (Å²) in [5, 5.41) is 5.07. The van der Waals surface area contributed by atoms with E-state index in [1.54, 1.807) is 31.2 Å².